The second-order valence-corrected chi connectivity index (χ2v) is 7.67. The molecule has 3 nitrogen and oxygen atoms in total. The smallest absolute Gasteiger partial charge is 0.0713 e. The molecule has 4 heteroatoms. The minimum absolute atomic E-state index is 0.170. The Morgan fingerprint density at radius 3 is 2.71 bits per heavy atom. The highest BCUT2D eigenvalue weighted by Gasteiger charge is 2.39. The van der Waals surface area contributed by atoms with E-state index >= 15 is 0 Å². The molecule has 2 aliphatic heterocycles. The number of hydrogen-bond donors (Lipinski definition) is 1. The Bertz CT molecular complexity index is 451. The molecular weight excluding hydrogens is 280 g/mol. The van der Waals surface area contributed by atoms with E-state index < -0.39 is 0 Å². The van der Waals surface area contributed by atoms with E-state index in [1.807, 2.05) is 12.1 Å². The molecular formula is C17H26N2OS. The van der Waals surface area contributed by atoms with Crippen molar-refractivity contribution in [3.05, 3.63) is 29.8 Å². The van der Waals surface area contributed by atoms with E-state index in [-0.39, 0.29) is 5.60 Å². The molecule has 3 rings (SSSR count). The van der Waals surface area contributed by atoms with Gasteiger partial charge in [0.2, 0.25) is 0 Å². The highest BCUT2D eigenvalue weighted by Crippen LogP contribution is 2.38. The molecule has 0 amide bonds. The van der Waals surface area contributed by atoms with Gasteiger partial charge in [-0.2, -0.15) is 11.8 Å². The maximum absolute atomic E-state index is 6.20. The highest BCUT2D eigenvalue weighted by atomic mass is 32.2. The third-order valence-corrected chi connectivity index (χ3v) is 5.89. The van der Waals surface area contributed by atoms with Crippen LogP contribution in [0.25, 0.3) is 0 Å². The van der Waals surface area contributed by atoms with Crippen molar-refractivity contribution in [2.45, 2.75) is 43.9 Å². The number of nitrogens with two attached hydrogens (primary N) is 1. The number of anilines is 1. The van der Waals surface area contributed by atoms with Gasteiger partial charge in [0.25, 0.3) is 0 Å². The van der Waals surface area contributed by atoms with E-state index in [9.17, 15) is 0 Å². The monoisotopic (exact) mass is 306 g/mol. The Balaban J connectivity index is 1.61. The van der Waals surface area contributed by atoms with Gasteiger partial charge in [0.15, 0.2) is 0 Å². The standard InChI is InChI=1S/C17H26N2OS/c1-19(13-14-2-4-15(18)5-3-14)16-6-9-20-17(12-16)7-10-21-11-8-17/h2-5,16H,6-13,18H2,1H3. The van der Waals surface area contributed by atoms with Crippen molar-refractivity contribution in [1.82, 2.24) is 4.90 Å². The molecule has 1 unspecified atom stereocenters. The largest absolute Gasteiger partial charge is 0.399 e. The third kappa shape index (κ3) is 3.74. The van der Waals surface area contributed by atoms with Gasteiger partial charge in [0.05, 0.1) is 5.60 Å². The number of nitrogens with zero attached hydrogens (tertiary/aromatic N) is 1. The maximum Gasteiger partial charge on any atom is 0.0713 e. The van der Waals surface area contributed by atoms with Crippen molar-refractivity contribution >= 4 is 17.4 Å². The van der Waals surface area contributed by atoms with Gasteiger partial charge in [0, 0.05) is 24.9 Å². The van der Waals surface area contributed by atoms with Gasteiger partial charge in [-0.25, -0.2) is 0 Å². The van der Waals surface area contributed by atoms with Crippen molar-refractivity contribution in [3.8, 4) is 0 Å². The summed E-state index contributed by atoms with van der Waals surface area (Å²) in [6, 6.07) is 8.90. The fraction of sp³-hybridized carbons (Fsp3) is 0.647. The van der Waals surface area contributed by atoms with E-state index in [4.69, 9.17) is 10.5 Å². The van der Waals surface area contributed by atoms with Crippen LogP contribution in [0.2, 0.25) is 0 Å². The number of ether oxygens (including phenoxy) is 1. The van der Waals surface area contributed by atoms with Crippen LogP contribution in [0.3, 0.4) is 0 Å². The van der Waals surface area contributed by atoms with Crippen molar-refractivity contribution in [2.75, 3.05) is 30.9 Å². The number of rotatable bonds is 3. The molecule has 2 N–H and O–H groups in total. The molecule has 0 saturated carbocycles. The van der Waals surface area contributed by atoms with Gasteiger partial charge in [-0.15, -0.1) is 0 Å². The SMILES string of the molecule is CN(Cc1ccc(N)cc1)C1CCOC2(CCSCC2)C1. The van der Waals surface area contributed by atoms with Crippen molar-refractivity contribution < 1.29 is 4.74 Å². The topological polar surface area (TPSA) is 38.5 Å². The first-order chi connectivity index (χ1) is 10.2. The average Bonchev–Trinajstić information content (AvgIpc) is 2.50. The minimum atomic E-state index is 0.170. The molecule has 2 fully saturated rings. The first kappa shape index (κ1) is 15.2. The molecule has 1 aromatic rings. The molecule has 116 valence electrons. The fourth-order valence-electron chi connectivity index (χ4n) is 3.51. The molecule has 2 heterocycles. The van der Waals surface area contributed by atoms with Crippen LogP contribution < -0.4 is 5.73 Å². The van der Waals surface area contributed by atoms with Crippen LogP contribution in [-0.4, -0.2) is 41.7 Å². The molecule has 0 aliphatic carbocycles. The van der Waals surface area contributed by atoms with E-state index in [0.29, 0.717) is 6.04 Å². The zero-order valence-corrected chi connectivity index (χ0v) is 13.7. The van der Waals surface area contributed by atoms with Gasteiger partial charge < -0.3 is 10.5 Å². The zero-order chi connectivity index (χ0) is 14.7. The zero-order valence-electron chi connectivity index (χ0n) is 12.9. The Morgan fingerprint density at radius 1 is 1.29 bits per heavy atom. The lowest BCUT2D eigenvalue weighted by Gasteiger charge is -2.45. The summed E-state index contributed by atoms with van der Waals surface area (Å²) >= 11 is 2.07. The van der Waals surface area contributed by atoms with Crippen LogP contribution in [0, 0.1) is 0 Å². The van der Waals surface area contributed by atoms with Gasteiger partial charge in [-0.3, -0.25) is 4.90 Å². The van der Waals surface area contributed by atoms with Gasteiger partial charge in [0.1, 0.15) is 0 Å². The van der Waals surface area contributed by atoms with Crippen molar-refractivity contribution in [3.63, 3.8) is 0 Å². The molecule has 0 aromatic heterocycles. The Hall–Kier alpha value is -0.710. The van der Waals surface area contributed by atoms with Crippen LogP contribution in [0.15, 0.2) is 24.3 Å². The van der Waals surface area contributed by atoms with Crippen LogP contribution in [0.5, 0.6) is 0 Å². The molecule has 1 atom stereocenters. The summed E-state index contributed by atoms with van der Waals surface area (Å²) in [4.78, 5) is 2.50. The summed E-state index contributed by atoms with van der Waals surface area (Å²) < 4.78 is 6.20. The summed E-state index contributed by atoms with van der Waals surface area (Å²) in [6.07, 6.45) is 4.80. The first-order valence-electron chi connectivity index (χ1n) is 7.93. The number of benzene rings is 1. The van der Waals surface area contributed by atoms with E-state index in [0.717, 1.165) is 25.3 Å². The molecule has 1 aromatic carbocycles. The second-order valence-electron chi connectivity index (χ2n) is 6.45. The summed E-state index contributed by atoms with van der Waals surface area (Å²) in [5.74, 6) is 2.52. The molecule has 0 bridgehead atoms. The van der Waals surface area contributed by atoms with Crippen LogP contribution in [0.1, 0.15) is 31.2 Å². The maximum atomic E-state index is 6.20. The van der Waals surface area contributed by atoms with Crippen molar-refractivity contribution in [2.24, 2.45) is 0 Å². The van der Waals surface area contributed by atoms with Gasteiger partial charge in [-0.1, -0.05) is 12.1 Å². The normalized spacial score (nSPS) is 25.3. The second kappa shape index (κ2) is 6.59. The number of thioether (sulfide) groups is 1. The summed E-state index contributed by atoms with van der Waals surface area (Å²) in [5, 5.41) is 0. The van der Waals surface area contributed by atoms with Gasteiger partial charge >= 0.3 is 0 Å². The van der Waals surface area contributed by atoms with Gasteiger partial charge in [-0.05, 0) is 61.9 Å². The number of hydrogen-bond acceptors (Lipinski definition) is 4. The first-order valence-corrected chi connectivity index (χ1v) is 9.09. The quantitative estimate of drug-likeness (QED) is 0.871. The molecule has 0 radical (unpaired) electrons. The fourth-order valence-corrected chi connectivity index (χ4v) is 4.75. The molecule has 2 saturated heterocycles. The van der Waals surface area contributed by atoms with Crippen LogP contribution >= 0.6 is 11.8 Å². The van der Waals surface area contributed by atoms with E-state index in [1.54, 1.807) is 0 Å². The Morgan fingerprint density at radius 2 is 2.00 bits per heavy atom. The van der Waals surface area contributed by atoms with Crippen LogP contribution in [-0.2, 0) is 11.3 Å². The van der Waals surface area contributed by atoms with Crippen LogP contribution in [0.4, 0.5) is 5.69 Å². The molecule has 1 spiro atoms. The highest BCUT2D eigenvalue weighted by molar-refractivity contribution is 7.99. The van der Waals surface area contributed by atoms with Crippen molar-refractivity contribution in [1.29, 1.82) is 0 Å². The lowest BCUT2D eigenvalue weighted by molar-refractivity contribution is -0.108. The lowest BCUT2D eigenvalue weighted by atomic mass is 9.85. The molecule has 21 heavy (non-hydrogen) atoms. The lowest BCUT2D eigenvalue weighted by Crippen LogP contribution is -2.49. The predicted octanol–water partition coefficient (Wildman–Crippen LogP) is 3.15. The van der Waals surface area contributed by atoms with E-state index in [1.165, 1.54) is 36.3 Å². The number of nitrogen functional groups attached to an aromatic ring is 1. The predicted molar refractivity (Wildman–Crippen MR) is 90.6 cm³/mol. The summed E-state index contributed by atoms with van der Waals surface area (Å²) in [7, 11) is 2.25. The minimum Gasteiger partial charge on any atom is -0.399 e. The third-order valence-electron chi connectivity index (χ3n) is 4.91. The summed E-state index contributed by atoms with van der Waals surface area (Å²) in [5.41, 5.74) is 8.11. The summed E-state index contributed by atoms with van der Waals surface area (Å²) in [6.45, 7) is 1.91. The molecule has 2 aliphatic rings. The Labute approximate surface area is 132 Å². The average molecular weight is 306 g/mol. The van der Waals surface area contributed by atoms with E-state index in [2.05, 4.69) is 35.8 Å². The Kier molecular flexibility index (Phi) is 4.77.